The van der Waals surface area contributed by atoms with Gasteiger partial charge in [0, 0.05) is 0 Å². The molecule has 0 fully saturated rings. The second-order valence-electron chi connectivity index (χ2n) is 4.21. The second-order valence-corrected chi connectivity index (χ2v) is 4.21. The summed E-state index contributed by atoms with van der Waals surface area (Å²) < 4.78 is 19.3. The van der Waals surface area contributed by atoms with Gasteiger partial charge in [0.05, 0.1) is 7.11 Å². The first-order valence-electron chi connectivity index (χ1n) is 5.45. The maximum atomic E-state index is 14.9. The van der Waals surface area contributed by atoms with E-state index in [4.69, 9.17) is 0 Å². The lowest BCUT2D eigenvalue weighted by Crippen LogP contribution is -2.45. The minimum Gasteiger partial charge on any atom is -0.467 e. The van der Waals surface area contributed by atoms with Crippen molar-refractivity contribution in [3.63, 3.8) is 0 Å². The van der Waals surface area contributed by atoms with Crippen LogP contribution < -0.4 is 0 Å². The quantitative estimate of drug-likeness (QED) is 0.819. The van der Waals surface area contributed by atoms with Crippen molar-refractivity contribution in [2.45, 2.75) is 25.6 Å². The molecule has 0 spiro atoms. The van der Waals surface area contributed by atoms with Crippen molar-refractivity contribution in [2.24, 2.45) is 5.92 Å². The highest BCUT2D eigenvalue weighted by Crippen LogP contribution is 2.37. The van der Waals surface area contributed by atoms with Crippen LogP contribution in [0.1, 0.15) is 19.4 Å². The number of benzene rings is 1. The number of alkyl halides is 1. The van der Waals surface area contributed by atoms with Crippen molar-refractivity contribution in [3.05, 3.63) is 35.9 Å². The molecule has 0 radical (unpaired) electrons. The van der Waals surface area contributed by atoms with E-state index in [0.717, 1.165) is 7.11 Å². The number of methoxy groups -OCH3 is 1. The third-order valence-electron chi connectivity index (χ3n) is 2.88. The highest BCUT2D eigenvalue weighted by atomic mass is 19.1. The number of hydrogen-bond donors (Lipinski definition) is 1. The van der Waals surface area contributed by atoms with Gasteiger partial charge >= 0.3 is 5.97 Å². The number of esters is 1. The van der Waals surface area contributed by atoms with Gasteiger partial charge in [0.25, 0.3) is 0 Å². The molecule has 0 amide bonds. The Bertz CT molecular complexity index is 378. The molecule has 1 aromatic carbocycles. The van der Waals surface area contributed by atoms with Crippen LogP contribution >= 0.6 is 0 Å². The Balaban J connectivity index is 3.19. The maximum absolute atomic E-state index is 14.9. The Morgan fingerprint density at radius 2 is 1.88 bits per heavy atom. The number of aliphatic hydroxyl groups is 1. The molecule has 94 valence electrons. The van der Waals surface area contributed by atoms with E-state index in [9.17, 15) is 14.3 Å². The molecular formula is C13H17FO3. The van der Waals surface area contributed by atoms with Gasteiger partial charge in [0.1, 0.15) is 0 Å². The van der Waals surface area contributed by atoms with E-state index in [1.807, 2.05) is 0 Å². The van der Waals surface area contributed by atoms with Crippen molar-refractivity contribution >= 4 is 5.97 Å². The van der Waals surface area contributed by atoms with E-state index in [0.29, 0.717) is 0 Å². The smallest absolute Gasteiger partial charge is 0.338 e. The van der Waals surface area contributed by atoms with Gasteiger partial charge in [-0.25, -0.2) is 9.18 Å². The summed E-state index contributed by atoms with van der Waals surface area (Å²) in [4.78, 5) is 11.3. The largest absolute Gasteiger partial charge is 0.467 e. The van der Waals surface area contributed by atoms with E-state index < -0.39 is 23.7 Å². The van der Waals surface area contributed by atoms with Gasteiger partial charge < -0.3 is 9.84 Å². The van der Waals surface area contributed by atoms with E-state index in [2.05, 4.69) is 4.74 Å². The lowest BCUT2D eigenvalue weighted by atomic mass is 9.80. The van der Waals surface area contributed by atoms with E-state index in [1.54, 1.807) is 44.2 Å². The van der Waals surface area contributed by atoms with Gasteiger partial charge in [-0.05, 0) is 11.5 Å². The number of hydrogen-bond acceptors (Lipinski definition) is 3. The SMILES string of the molecule is COC(=O)[C@@H](O)[C@@](F)(c1ccccc1)C(C)C. The van der Waals surface area contributed by atoms with Crippen molar-refractivity contribution < 1.29 is 19.0 Å². The molecule has 17 heavy (non-hydrogen) atoms. The summed E-state index contributed by atoms with van der Waals surface area (Å²) in [5.74, 6) is -1.52. The summed E-state index contributed by atoms with van der Waals surface area (Å²) in [5.41, 5.74) is -1.87. The van der Waals surface area contributed by atoms with E-state index in [1.165, 1.54) is 0 Å². The predicted octanol–water partition coefficient (Wildman–Crippen LogP) is 2.04. The first kappa shape index (κ1) is 13.6. The topological polar surface area (TPSA) is 46.5 Å². The number of aliphatic hydroxyl groups excluding tert-OH is 1. The Morgan fingerprint density at radius 3 is 2.29 bits per heavy atom. The van der Waals surface area contributed by atoms with Gasteiger partial charge in [0.15, 0.2) is 11.8 Å². The molecule has 0 aliphatic heterocycles. The molecule has 1 N–H and O–H groups in total. The number of ether oxygens (including phenoxy) is 1. The van der Waals surface area contributed by atoms with Crippen LogP contribution in [0.4, 0.5) is 4.39 Å². The molecule has 0 saturated heterocycles. The van der Waals surface area contributed by atoms with Gasteiger partial charge in [-0.15, -0.1) is 0 Å². The van der Waals surface area contributed by atoms with Crippen molar-refractivity contribution in [1.82, 2.24) is 0 Å². The van der Waals surface area contributed by atoms with Crippen LogP contribution in [0.25, 0.3) is 0 Å². The number of carbonyl (C=O) groups is 1. The first-order valence-corrected chi connectivity index (χ1v) is 5.45. The lowest BCUT2D eigenvalue weighted by Gasteiger charge is -2.32. The van der Waals surface area contributed by atoms with Gasteiger partial charge in [0.2, 0.25) is 0 Å². The molecule has 0 heterocycles. The molecular weight excluding hydrogens is 223 g/mol. The molecule has 4 heteroatoms. The highest BCUT2D eigenvalue weighted by Gasteiger charge is 2.47. The summed E-state index contributed by atoms with van der Waals surface area (Å²) >= 11 is 0. The van der Waals surface area contributed by atoms with Gasteiger partial charge in [-0.1, -0.05) is 44.2 Å². The van der Waals surface area contributed by atoms with Gasteiger partial charge in [-0.2, -0.15) is 0 Å². The number of rotatable bonds is 4. The molecule has 3 nitrogen and oxygen atoms in total. The molecule has 1 rings (SSSR count). The van der Waals surface area contributed by atoms with Crippen molar-refractivity contribution in [1.29, 1.82) is 0 Å². The average molecular weight is 240 g/mol. The molecule has 0 saturated carbocycles. The van der Waals surface area contributed by atoms with Crippen LogP contribution in [0.5, 0.6) is 0 Å². The normalized spacial score (nSPS) is 16.4. The molecule has 0 aromatic heterocycles. The molecule has 2 atom stereocenters. The third kappa shape index (κ3) is 2.47. The van der Waals surface area contributed by atoms with Crippen LogP contribution in [0.3, 0.4) is 0 Å². The van der Waals surface area contributed by atoms with Crippen LogP contribution in [-0.2, 0) is 15.2 Å². The zero-order valence-corrected chi connectivity index (χ0v) is 10.2. The molecule has 0 aliphatic rings. The van der Waals surface area contributed by atoms with Crippen LogP contribution in [-0.4, -0.2) is 24.3 Å². The summed E-state index contributed by atoms with van der Waals surface area (Å²) in [6.07, 6.45) is -1.82. The summed E-state index contributed by atoms with van der Waals surface area (Å²) in [5, 5.41) is 9.81. The predicted molar refractivity (Wildman–Crippen MR) is 62.1 cm³/mol. The van der Waals surface area contributed by atoms with Gasteiger partial charge in [-0.3, -0.25) is 0 Å². The minimum absolute atomic E-state index is 0.271. The Morgan fingerprint density at radius 1 is 1.35 bits per heavy atom. The fraction of sp³-hybridized carbons (Fsp3) is 0.462. The van der Waals surface area contributed by atoms with Crippen LogP contribution in [0, 0.1) is 5.92 Å². The zero-order chi connectivity index (χ0) is 13.1. The number of halogens is 1. The molecule has 1 aromatic rings. The second kappa shape index (κ2) is 5.27. The zero-order valence-electron chi connectivity index (χ0n) is 10.2. The summed E-state index contributed by atoms with van der Waals surface area (Å²) in [6, 6.07) is 8.17. The van der Waals surface area contributed by atoms with E-state index >= 15 is 0 Å². The average Bonchev–Trinajstić information content (AvgIpc) is 2.36. The molecule has 0 aliphatic carbocycles. The Kier molecular flexibility index (Phi) is 4.23. The monoisotopic (exact) mass is 240 g/mol. The fourth-order valence-corrected chi connectivity index (χ4v) is 1.78. The standard InChI is InChI=1S/C13H17FO3/c1-9(2)13(14,11(15)12(16)17-3)10-7-5-4-6-8-10/h4-9,11,15H,1-3H3/t11-,13+/m1/s1. The first-order chi connectivity index (χ1) is 7.94. The van der Waals surface area contributed by atoms with E-state index in [-0.39, 0.29) is 5.56 Å². The van der Waals surface area contributed by atoms with Crippen LogP contribution in [0.2, 0.25) is 0 Å². The third-order valence-corrected chi connectivity index (χ3v) is 2.88. The molecule has 0 unspecified atom stereocenters. The highest BCUT2D eigenvalue weighted by molar-refractivity contribution is 5.76. The Hall–Kier alpha value is -1.42. The summed E-state index contributed by atoms with van der Waals surface area (Å²) in [6.45, 7) is 3.22. The fourth-order valence-electron chi connectivity index (χ4n) is 1.78. The van der Waals surface area contributed by atoms with Crippen molar-refractivity contribution in [2.75, 3.05) is 7.11 Å². The lowest BCUT2D eigenvalue weighted by molar-refractivity contribution is -0.164. The van der Waals surface area contributed by atoms with Crippen molar-refractivity contribution in [3.8, 4) is 0 Å². The maximum Gasteiger partial charge on any atom is 0.338 e. The minimum atomic E-state index is -2.14. The Labute approximate surface area is 100 Å². The molecule has 0 bridgehead atoms. The van der Waals surface area contributed by atoms with Crippen LogP contribution in [0.15, 0.2) is 30.3 Å². The number of carbonyl (C=O) groups excluding carboxylic acids is 1. The summed E-state index contributed by atoms with van der Waals surface area (Å²) in [7, 11) is 1.12.